The molecule has 0 bridgehead atoms. The van der Waals surface area contributed by atoms with E-state index in [1.54, 1.807) is 25.5 Å². The number of amides is 1. The molecular formula is C9H18N2O6S. The van der Waals surface area contributed by atoms with Crippen LogP contribution in [0, 0.1) is 0 Å². The molecule has 1 atom stereocenters. The molecule has 0 aromatic carbocycles. The van der Waals surface area contributed by atoms with E-state index in [-0.39, 0.29) is 0 Å². The third-order valence-corrected chi connectivity index (χ3v) is 2.59. The van der Waals surface area contributed by atoms with Crippen molar-refractivity contribution in [3.63, 3.8) is 0 Å². The monoisotopic (exact) mass is 282 g/mol. The molecule has 9 heteroatoms. The highest BCUT2D eigenvalue weighted by Crippen LogP contribution is 2.08. The quantitative estimate of drug-likeness (QED) is 0.697. The molecule has 106 valence electrons. The smallest absolute Gasteiger partial charge is 0.421 e. The fourth-order valence-electron chi connectivity index (χ4n) is 0.852. The zero-order valence-corrected chi connectivity index (χ0v) is 11.8. The second kappa shape index (κ2) is 6.01. The number of carbonyl (C=O) groups excluding carboxylic acids is 2. The molecule has 1 amide bonds. The Bertz CT molecular complexity index is 411. The standard InChI is InChI=1S/C9H18N2O6S/c1-6(7(12)17-9(2,3)4)10-18(14,15)11-8(13)16-5/h6,10H,1-5H3,(H,11,13)/t6-/m1/s1. The topological polar surface area (TPSA) is 111 Å². The van der Waals surface area contributed by atoms with Gasteiger partial charge in [0, 0.05) is 0 Å². The minimum absolute atomic E-state index is 0.730. The van der Waals surface area contributed by atoms with Crippen LogP contribution >= 0.6 is 0 Å². The van der Waals surface area contributed by atoms with Crippen LogP contribution in [0.2, 0.25) is 0 Å². The molecule has 0 rings (SSSR count). The highest BCUT2D eigenvalue weighted by Gasteiger charge is 2.26. The Morgan fingerprint density at radius 2 is 1.72 bits per heavy atom. The molecule has 2 N–H and O–H groups in total. The number of methoxy groups -OCH3 is 1. The fraction of sp³-hybridized carbons (Fsp3) is 0.778. The van der Waals surface area contributed by atoms with Gasteiger partial charge in [-0.05, 0) is 27.7 Å². The average Bonchev–Trinajstić information content (AvgIpc) is 2.13. The number of hydrogen-bond acceptors (Lipinski definition) is 6. The van der Waals surface area contributed by atoms with Crippen LogP contribution in [0.25, 0.3) is 0 Å². The van der Waals surface area contributed by atoms with E-state index < -0.39 is 33.9 Å². The van der Waals surface area contributed by atoms with Gasteiger partial charge >= 0.3 is 22.3 Å². The summed E-state index contributed by atoms with van der Waals surface area (Å²) < 4.78 is 35.3. The molecular weight excluding hydrogens is 264 g/mol. The Labute approximate surface area is 106 Å². The van der Waals surface area contributed by atoms with E-state index in [2.05, 4.69) is 4.74 Å². The third kappa shape index (κ3) is 7.07. The van der Waals surface area contributed by atoms with Crippen molar-refractivity contribution in [2.24, 2.45) is 0 Å². The Kier molecular flexibility index (Phi) is 5.55. The van der Waals surface area contributed by atoms with Gasteiger partial charge in [0.25, 0.3) is 0 Å². The molecule has 0 fully saturated rings. The zero-order valence-electron chi connectivity index (χ0n) is 10.9. The average molecular weight is 282 g/mol. The predicted octanol–water partition coefficient (Wildman–Crippen LogP) is -0.0930. The summed E-state index contributed by atoms with van der Waals surface area (Å²) >= 11 is 0. The third-order valence-electron chi connectivity index (χ3n) is 1.50. The first-order valence-electron chi connectivity index (χ1n) is 5.08. The summed E-state index contributed by atoms with van der Waals surface area (Å²) in [6.07, 6.45) is -1.15. The molecule has 0 aliphatic heterocycles. The van der Waals surface area contributed by atoms with E-state index >= 15 is 0 Å². The van der Waals surface area contributed by atoms with Crippen LogP contribution in [-0.4, -0.2) is 39.2 Å². The van der Waals surface area contributed by atoms with Gasteiger partial charge in [-0.2, -0.15) is 13.1 Å². The molecule has 0 saturated heterocycles. The van der Waals surface area contributed by atoms with Crippen LogP contribution in [0.4, 0.5) is 4.79 Å². The molecule has 0 radical (unpaired) electrons. The van der Waals surface area contributed by atoms with Crippen LogP contribution in [0.5, 0.6) is 0 Å². The first-order valence-corrected chi connectivity index (χ1v) is 6.56. The van der Waals surface area contributed by atoms with Gasteiger partial charge in [-0.1, -0.05) is 0 Å². The van der Waals surface area contributed by atoms with Crippen molar-refractivity contribution in [1.29, 1.82) is 0 Å². The highest BCUT2D eigenvalue weighted by molar-refractivity contribution is 7.88. The molecule has 0 unspecified atom stereocenters. The van der Waals surface area contributed by atoms with Crippen molar-refractivity contribution in [3.05, 3.63) is 0 Å². The van der Waals surface area contributed by atoms with Gasteiger partial charge in [-0.15, -0.1) is 0 Å². The molecule has 8 nitrogen and oxygen atoms in total. The number of rotatable bonds is 4. The Morgan fingerprint density at radius 3 is 2.11 bits per heavy atom. The molecule has 0 aliphatic rings. The first-order chi connectivity index (χ1) is 7.97. The van der Waals surface area contributed by atoms with Crippen molar-refractivity contribution < 1.29 is 27.5 Å². The molecule has 0 spiro atoms. The number of carbonyl (C=O) groups is 2. The lowest BCUT2D eigenvalue weighted by molar-refractivity contribution is -0.156. The minimum Gasteiger partial charge on any atom is -0.459 e. The Hall–Kier alpha value is -1.35. The summed E-state index contributed by atoms with van der Waals surface area (Å²) in [7, 11) is -3.15. The van der Waals surface area contributed by atoms with Crippen molar-refractivity contribution in [1.82, 2.24) is 9.44 Å². The van der Waals surface area contributed by atoms with E-state index in [0.29, 0.717) is 0 Å². The van der Waals surface area contributed by atoms with Crippen LogP contribution < -0.4 is 9.44 Å². The summed E-state index contributed by atoms with van der Waals surface area (Å²) in [5, 5.41) is 0. The molecule has 18 heavy (non-hydrogen) atoms. The number of hydrogen-bond donors (Lipinski definition) is 2. The van der Waals surface area contributed by atoms with Gasteiger partial charge in [0.2, 0.25) is 0 Å². The molecule has 0 aromatic rings. The van der Waals surface area contributed by atoms with E-state index in [1.165, 1.54) is 6.92 Å². The van der Waals surface area contributed by atoms with Gasteiger partial charge in [0.1, 0.15) is 11.6 Å². The number of esters is 1. The molecule has 0 heterocycles. The maximum absolute atomic E-state index is 11.5. The van der Waals surface area contributed by atoms with Crippen LogP contribution in [0.3, 0.4) is 0 Å². The van der Waals surface area contributed by atoms with Crippen molar-refractivity contribution >= 4 is 22.3 Å². The zero-order chi connectivity index (χ0) is 14.6. The van der Waals surface area contributed by atoms with Crippen LogP contribution in [-0.2, 0) is 24.5 Å². The second-order valence-electron chi connectivity index (χ2n) is 4.47. The van der Waals surface area contributed by atoms with Crippen molar-refractivity contribution in [3.8, 4) is 0 Å². The fourth-order valence-corrected chi connectivity index (χ4v) is 1.78. The normalized spacial score (nSPS) is 13.6. The van der Waals surface area contributed by atoms with E-state index in [0.717, 1.165) is 7.11 Å². The van der Waals surface area contributed by atoms with Gasteiger partial charge in [0.05, 0.1) is 7.11 Å². The summed E-state index contributed by atoms with van der Waals surface area (Å²) in [5.74, 6) is -0.752. The number of ether oxygens (including phenoxy) is 2. The first kappa shape index (κ1) is 16.6. The van der Waals surface area contributed by atoms with Crippen LogP contribution in [0.15, 0.2) is 0 Å². The van der Waals surface area contributed by atoms with Gasteiger partial charge < -0.3 is 9.47 Å². The molecule has 0 saturated carbocycles. The SMILES string of the molecule is COC(=O)NS(=O)(=O)N[C@H](C)C(=O)OC(C)(C)C. The minimum atomic E-state index is -4.17. The Morgan fingerprint density at radius 1 is 1.22 bits per heavy atom. The number of nitrogens with one attached hydrogen (secondary N) is 2. The summed E-state index contributed by atoms with van der Waals surface area (Å²) in [4.78, 5) is 22.2. The van der Waals surface area contributed by atoms with E-state index in [1.807, 2.05) is 4.72 Å². The van der Waals surface area contributed by atoms with Gasteiger partial charge in [-0.3, -0.25) is 4.79 Å². The largest absolute Gasteiger partial charge is 0.459 e. The maximum atomic E-state index is 11.5. The summed E-state index contributed by atoms with van der Waals surface area (Å²) in [6.45, 7) is 6.25. The maximum Gasteiger partial charge on any atom is 0.421 e. The summed E-state index contributed by atoms with van der Waals surface area (Å²) in [6, 6.07) is -1.13. The van der Waals surface area contributed by atoms with Crippen LogP contribution in [0.1, 0.15) is 27.7 Å². The lowest BCUT2D eigenvalue weighted by atomic mass is 10.2. The summed E-state index contributed by atoms with van der Waals surface area (Å²) in [5.41, 5.74) is -0.730. The molecule has 0 aromatic heterocycles. The van der Waals surface area contributed by atoms with Gasteiger partial charge in [-0.25, -0.2) is 9.52 Å². The van der Waals surface area contributed by atoms with Crippen molar-refractivity contribution in [2.75, 3.05) is 7.11 Å². The molecule has 0 aliphatic carbocycles. The Balaban J connectivity index is 4.52. The predicted molar refractivity (Wildman–Crippen MR) is 62.9 cm³/mol. The lowest BCUT2D eigenvalue weighted by Crippen LogP contribution is -2.48. The van der Waals surface area contributed by atoms with Crippen molar-refractivity contribution in [2.45, 2.75) is 39.3 Å². The van der Waals surface area contributed by atoms with Gasteiger partial charge in [0.15, 0.2) is 0 Å². The van der Waals surface area contributed by atoms with E-state index in [9.17, 15) is 18.0 Å². The second-order valence-corrected chi connectivity index (χ2v) is 5.92. The highest BCUT2D eigenvalue weighted by atomic mass is 32.2. The lowest BCUT2D eigenvalue weighted by Gasteiger charge is -2.22. The van der Waals surface area contributed by atoms with E-state index in [4.69, 9.17) is 4.74 Å².